The Labute approximate surface area is 127 Å². The van der Waals surface area contributed by atoms with Gasteiger partial charge in [-0.2, -0.15) is 0 Å². The van der Waals surface area contributed by atoms with E-state index in [0.717, 1.165) is 0 Å². The number of amides is 1. The molecule has 0 spiro atoms. The standard InChI is InChI=1S/C15H17NO4S/c1-18-7-8-20-13-6-5-11(19-2)10-12(13)16-15(17)14-4-3-9-21-14/h3-6,9-10H,7-8H2,1-2H3,(H,16,17). The van der Waals surface area contributed by atoms with Crippen LogP contribution in [-0.2, 0) is 4.74 Å². The molecule has 6 heteroatoms. The Kier molecular flexibility index (Phi) is 5.59. The molecule has 0 aliphatic carbocycles. The molecular weight excluding hydrogens is 290 g/mol. The lowest BCUT2D eigenvalue weighted by atomic mass is 10.2. The summed E-state index contributed by atoms with van der Waals surface area (Å²) in [7, 11) is 3.18. The van der Waals surface area contributed by atoms with E-state index in [1.165, 1.54) is 11.3 Å². The zero-order valence-electron chi connectivity index (χ0n) is 11.9. The van der Waals surface area contributed by atoms with Crippen molar-refractivity contribution in [3.63, 3.8) is 0 Å². The van der Waals surface area contributed by atoms with Gasteiger partial charge in [0, 0.05) is 13.2 Å². The fourth-order valence-electron chi connectivity index (χ4n) is 1.69. The minimum atomic E-state index is -0.171. The summed E-state index contributed by atoms with van der Waals surface area (Å²) in [6.07, 6.45) is 0. The summed E-state index contributed by atoms with van der Waals surface area (Å²) < 4.78 is 15.7. The van der Waals surface area contributed by atoms with Gasteiger partial charge in [0.05, 0.1) is 24.3 Å². The van der Waals surface area contributed by atoms with Crippen LogP contribution in [0.25, 0.3) is 0 Å². The van der Waals surface area contributed by atoms with Gasteiger partial charge >= 0.3 is 0 Å². The van der Waals surface area contributed by atoms with Crippen LogP contribution in [0, 0.1) is 0 Å². The summed E-state index contributed by atoms with van der Waals surface area (Å²) in [5.74, 6) is 1.06. The van der Waals surface area contributed by atoms with Crippen molar-refractivity contribution in [2.75, 3.05) is 32.8 Å². The maximum absolute atomic E-state index is 12.1. The molecule has 1 amide bonds. The second-order valence-corrected chi connectivity index (χ2v) is 5.08. The molecule has 1 N–H and O–H groups in total. The summed E-state index contributed by atoms with van der Waals surface area (Å²) in [6.45, 7) is 0.884. The van der Waals surface area contributed by atoms with Gasteiger partial charge in [-0.15, -0.1) is 11.3 Å². The molecule has 0 atom stereocenters. The molecule has 112 valence electrons. The maximum atomic E-state index is 12.1. The first-order chi connectivity index (χ1) is 10.2. The third kappa shape index (κ3) is 4.21. The van der Waals surface area contributed by atoms with E-state index in [-0.39, 0.29) is 5.91 Å². The van der Waals surface area contributed by atoms with Gasteiger partial charge in [-0.25, -0.2) is 0 Å². The average Bonchev–Trinajstić information content (AvgIpc) is 3.03. The van der Waals surface area contributed by atoms with Crippen molar-refractivity contribution in [2.45, 2.75) is 0 Å². The molecule has 2 rings (SSSR count). The van der Waals surface area contributed by atoms with E-state index in [1.54, 1.807) is 38.5 Å². The predicted octanol–water partition coefficient (Wildman–Crippen LogP) is 3.03. The van der Waals surface area contributed by atoms with E-state index in [1.807, 2.05) is 11.4 Å². The fraction of sp³-hybridized carbons (Fsp3) is 0.267. The minimum absolute atomic E-state index is 0.171. The molecule has 0 aliphatic rings. The van der Waals surface area contributed by atoms with Crippen LogP contribution in [0.4, 0.5) is 5.69 Å². The van der Waals surface area contributed by atoms with E-state index in [4.69, 9.17) is 14.2 Å². The van der Waals surface area contributed by atoms with Crippen molar-refractivity contribution in [1.82, 2.24) is 0 Å². The zero-order valence-corrected chi connectivity index (χ0v) is 12.7. The second-order valence-electron chi connectivity index (χ2n) is 4.13. The van der Waals surface area contributed by atoms with Crippen LogP contribution < -0.4 is 14.8 Å². The monoisotopic (exact) mass is 307 g/mol. The molecule has 0 aliphatic heterocycles. The van der Waals surface area contributed by atoms with Crippen molar-refractivity contribution in [2.24, 2.45) is 0 Å². The SMILES string of the molecule is COCCOc1ccc(OC)cc1NC(=O)c1cccs1. The van der Waals surface area contributed by atoms with Gasteiger partial charge in [-0.1, -0.05) is 6.07 Å². The Morgan fingerprint density at radius 2 is 2.10 bits per heavy atom. The van der Waals surface area contributed by atoms with E-state index >= 15 is 0 Å². The quantitative estimate of drug-likeness (QED) is 0.799. The van der Waals surface area contributed by atoms with Crippen molar-refractivity contribution < 1.29 is 19.0 Å². The van der Waals surface area contributed by atoms with Crippen LogP contribution in [0.2, 0.25) is 0 Å². The Morgan fingerprint density at radius 3 is 2.76 bits per heavy atom. The predicted molar refractivity (Wildman–Crippen MR) is 82.6 cm³/mol. The van der Waals surface area contributed by atoms with Crippen molar-refractivity contribution in [3.8, 4) is 11.5 Å². The van der Waals surface area contributed by atoms with Crippen molar-refractivity contribution in [3.05, 3.63) is 40.6 Å². The van der Waals surface area contributed by atoms with E-state index in [0.29, 0.717) is 35.3 Å². The zero-order chi connectivity index (χ0) is 15.1. The largest absolute Gasteiger partial charge is 0.497 e. The van der Waals surface area contributed by atoms with Gasteiger partial charge in [0.25, 0.3) is 5.91 Å². The maximum Gasteiger partial charge on any atom is 0.265 e. The molecule has 0 fully saturated rings. The normalized spacial score (nSPS) is 10.2. The third-order valence-corrected chi connectivity index (χ3v) is 3.59. The molecule has 0 saturated heterocycles. The first-order valence-electron chi connectivity index (χ1n) is 6.39. The van der Waals surface area contributed by atoms with E-state index < -0.39 is 0 Å². The smallest absolute Gasteiger partial charge is 0.265 e. The number of ether oxygens (including phenoxy) is 3. The molecule has 0 radical (unpaired) electrons. The first kappa shape index (κ1) is 15.3. The highest BCUT2D eigenvalue weighted by Crippen LogP contribution is 2.30. The summed E-state index contributed by atoms with van der Waals surface area (Å²) in [5, 5.41) is 4.70. The number of methoxy groups -OCH3 is 2. The molecule has 5 nitrogen and oxygen atoms in total. The van der Waals surface area contributed by atoms with Gasteiger partial charge in [0.15, 0.2) is 0 Å². The summed E-state index contributed by atoms with van der Waals surface area (Å²) >= 11 is 1.38. The van der Waals surface area contributed by atoms with E-state index in [2.05, 4.69) is 5.32 Å². The summed E-state index contributed by atoms with van der Waals surface area (Å²) in [4.78, 5) is 12.8. The number of thiophene rings is 1. The van der Waals surface area contributed by atoms with Gasteiger partial charge in [-0.05, 0) is 23.6 Å². The Morgan fingerprint density at radius 1 is 1.24 bits per heavy atom. The molecule has 1 aromatic carbocycles. The van der Waals surface area contributed by atoms with E-state index in [9.17, 15) is 4.79 Å². The number of carbonyl (C=O) groups excluding carboxylic acids is 1. The summed E-state index contributed by atoms with van der Waals surface area (Å²) in [5.41, 5.74) is 0.573. The minimum Gasteiger partial charge on any atom is -0.497 e. The van der Waals surface area contributed by atoms with Crippen LogP contribution in [0.3, 0.4) is 0 Å². The highest BCUT2D eigenvalue weighted by atomic mass is 32.1. The molecule has 0 unspecified atom stereocenters. The number of hydrogen-bond acceptors (Lipinski definition) is 5. The highest BCUT2D eigenvalue weighted by molar-refractivity contribution is 7.12. The van der Waals surface area contributed by atoms with Crippen LogP contribution in [0.1, 0.15) is 9.67 Å². The fourth-order valence-corrected chi connectivity index (χ4v) is 2.31. The molecule has 1 heterocycles. The lowest BCUT2D eigenvalue weighted by Crippen LogP contribution is -2.12. The van der Waals surface area contributed by atoms with Crippen molar-refractivity contribution in [1.29, 1.82) is 0 Å². The molecule has 2 aromatic rings. The van der Waals surface area contributed by atoms with Crippen molar-refractivity contribution >= 4 is 22.9 Å². The Balaban J connectivity index is 2.16. The van der Waals surface area contributed by atoms with Gasteiger partial charge < -0.3 is 19.5 Å². The molecular formula is C15H17NO4S. The lowest BCUT2D eigenvalue weighted by Gasteiger charge is -2.13. The second kappa shape index (κ2) is 7.66. The number of nitrogens with one attached hydrogen (secondary N) is 1. The number of rotatable bonds is 7. The third-order valence-electron chi connectivity index (χ3n) is 2.72. The number of benzene rings is 1. The molecule has 0 saturated carbocycles. The molecule has 0 bridgehead atoms. The van der Waals surface area contributed by atoms with Crippen LogP contribution >= 0.6 is 11.3 Å². The highest BCUT2D eigenvalue weighted by Gasteiger charge is 2.12. The van der Waals surface area contributed by atoms with Crippen LogP contribution in [0.15, 0.2) is 35.7 Å². The van der Waals surface area contributed by atoms with Gasteiger partial charge in [-0.3, -0.25) is 4.79 Å². The Bertz CT molecular complexity index is 583. The average molecular weight is 307 g/mol. The summed E-state index contributed by atoms with van der Waals surface area (Å²) in [6, 6.07) is 8.88. The number of hydrogen-bond donors (Lipinski definition) is 1. The van der Waals surface area contributed by atoms with Gasteiger partial charge in [0.2, 0.25) is 0 Å². The first-order valence-corrected chi connectivity index (χ1v) is 7.27. The molecule has 1 aromatic heterocycles. The van der Waals surface area contributed by atoms with Crippen LogP contribution in [-0.4, -0.2) is 33.3 Å². The number of carbonyl (C=O) groups is 1. The number of anilines is 1. The lowest BCUT2D eigenvalue weighted by molar-refractivity contribution is 0.102. The van der Waals surface area contributed by atoms with Crippen LogP contribution in [0.5, 0.6) is 11.5 Å². The Hall–Kier alpha value is -2.05. The van der Waals surface area contributed by atoms with Gasteiger partial charge in [0.1, 0.15) is 18.1 Å². The topological polar surface area (TPSA) is 56.8 Å². The molecule has 21 heavy (non-hydrogen) atoms.